The zero-order valence-electron chi connectivity index (χ0n) is 13.2. The van der Waals surface area contributed by atoms with Crippen molar-refractivity contribution in [1.82, 2.24) is 14.7 Å². The highest BCUT2D eigenvalue weighted by Crippen LogP contribution is 2.38. The molecule has 1 aromatic rings. The summed E-state index contributed by atoms with van der Waals surface area (Å²) in [6.45, 7) is 3.44. The number of piperazine rings is 1. The molecule has 5 nitrogen and oxygen atoms in total. The molecule has 0 spiro atoms. The summed E-state index contributed by atoms with van der Waals surface area (Å²) < 4.78 is 0. The molecule has 6 heteroatoms. The summed E-state index contributed by atoms with van der Waals surface area (Å²) in [5.41, 5.74) is 0. The monoisotopic (exact) mass is 321 g/mol. The molecule has 1 aromatic heterocycles. The van der Waals surface area contributed by atoms with Crippen LogP contribution >= 0.6 is 11.3 Å². The van der Waals surface area contributed by atoms with Crippen LogP contribution in [-0.2, 0) is 9.59 Å². The molecule has 22 heavy (non-hydrogen) atoms. The van der Waals surface area contributed by atoms with Gasteiger partial charge in [-0.3, -0.25) is 9.59 Å². The van der Waals surface area contributed by atoms with Gasteiger partial charge in [0.1, 0.15) is 0 Å². The molecule has 2 fully saturated rings. The van der Waals surface area contributed by atoms with E-state index in [2.05, 4.69) is 11.9 Å². The van der Waals surface area contributed by atoms with Gasteiger partial charge in [-0.1, -0.05) is 6.07 Å². The van der Waals surface area contributed by atoms with Gasteiger partial charge in [-0.05, 0) is 24.9 Å². The molecule has 3 rings (SSSR count). The molecule has 0 N–H and O–H groups in total. The molecule has 0 aromatic carbocycles. The van der Waals surface area contributed by atoms with Crippen LogP contribution in [0.3, 0.4) is 0 Å². The van der Waals surface area contributed by atoms with Gasteiger partial charge in [0.25, 0.3) is 0 Å². The van der Waals surface area contributed by atoms with E-state index in [1.165, 1.54) is 0 Å². The van der Waals surface area contributed by atoms with Crippen LogP contribution < -0.4 is 0 Å². The fourth-order valence-corrected chi connectivity index (χ4v) is 4.34. The first-order valence-corrected chi connectivity index (χ1v) is 8.72. The van der Waals surface area contributed by atoms with Gasteiger partial charge in [-0.25, -0.2) is 0 Å². The van der Waals surface area contributed by atoms with Crippen LogP contribution in [0.1, 0.15) is 23.8 Å². The van der Waals surface area contributed by atoms with E-state index in [9.17, 15) is 9.59 Å². The molecule has 0 bridgehead atoms. The Bertz CT molecular complexity index is 538. The Morgan fingerprint density at radius 2 is 1.95 bits per heavy atom. The van der Waals surface area contributed by atoms with Crippen molar-refractivity contribution in [3.8, 4) is 0 Å². The lowest BCUT2D eigenvalue weighted by Gasteiger charge is -2.41. The maximum absolute atomic E-state index is 13.0. The van der Waals surface area contributed by atoms with Gasteiger partial charge in [-0.15, -0.1) is 11.3 Å². The van der Waals surface area contributed by atoms with Gasteiger partial charge in [0.15, 0.2) is 0 Å². The third-order valence-corrected chi connectivity index (χ3v) is 5.77. The minimum Gasteiger partial charge on any atom is -0.340 e. The molecule has 2 amide bonds. The van der Waals surface area contributed by atoms with Crippen molar-refractivity contribution in [3.05, 3.63) is 22.4 Å². The Morgan fingerprint density at radius 1 is 1.23 bits per heavy atom. The molecule has 2 aliphatic heterocycles. The van der Waals surface area contributed by atoms with Crippen molar-refractivity contribution in [2.24, 2.45) is 5.92 Å². The largest absolute Gasteiger partial charge is 0.340 e. The topological polar surface area (TPSA) is 43.9 Å². The highest BCUT2D eigenvalue weighted by molar-refractivity contribution is 7.10. The Labute approximate surface area is 135 Å². The van der Waals surface area contributed by atoms with Crippen molar-refractivity contribution in [3.63, 3.8) is 0 Å². The zero-order chi connectivity index (χ0) is 15.7. The van der Waals surface area contributed by atoms with E-state index in [4.69, 9.17) is 0 Å². The van der Waals surface area contributed by atoms with Gasteiger partial charge < -0.3 is 14.7 Å². The molecule has 3 heterocycles. The Hall–Kier alpha value is -1.40. The lowest BCUT2D eigenvalue weighted by atomic mass is 9.86. The van der Waals surface area contributed by atoms with Crippen molar-refractivity contribution >= 4 is 23.2 Å². The Balaban J connectivity index is 1.80. The van der Waals surface area contributed by atoms with E-state index in [0.29, 0.717) is 12.8 Å². The number of thiophene rings is 1. The molecule has 0 unspecified atom stereocenters. The normalized spacial score (nSPS) is 27.3. The van der Waals surface area contributed by atoms with E-state index in [1.54, 1.807) is 16.2 Å². The van der Waals surface area contributed by atoms with Crippen LogP contribution in [0, 0.1) is 5.92 Å². The smallest absolute Gasteiger partial charge is 0.228 e. The number of hydrogen-bond acceptors (Lipinski definition) is 4. The number of likely N-dealkylation sites (tertiary alicyclic amines) is 1. The van der Waals surface area contributed by atoms with Gasteiger partial charge in [0.2, 0.25) is 11.8 Å². The van der Waals surface area contributed by atoms with Crippen LogP contribution in [0.15, 0.2) is 17.5 Å². The number of nitrogens with zero attached hydrogens (tertiary/aromatic N) is 3. The third kappa shape index (κ3) is 2.90. The van der Waals surface area contributed by atoms with Gasteiger partial charge in [0.05, 0.1) is 12.0 Å². The summed E-state index contributed by atoms with van der Waals surface area (Å²) >= 11 is 1.63. The van der Waals surface area contributed by atoms with Crippen molar-refractivity contribution < 1.29 is 9.59 Å². The molecule has 0 aliphatic carbocycles. The molecule has 0 radical (unpaired) electrons. The van der Waals surface area contributed by atoms with Crippen molar-refractivity contribution in [1.29, 1.82) is 0 Å². The van der Waals surface area contributed by atoms with Crippen LogP contribution in [-0.4, -0.2) is 66.8 Å². The fraction of sp³-hybridized carbons (Fsp3) is 0.625. The molecule has 0 saturated carbocycles. The summed E-state index contributed by atoms with van der Waals surface area (Å²) in [5.74, 6) is 0.247. The van der Waals surface area contributed by atoms with E-state index in [0.717, 1.165) is 31.1 Å². The maximum Gasteiger partial charge on any atom is 0.228 e. The van der Waals surface area contributed by atoms with Crippen molar-refractivity contribution in [2.45, 2.75) is 18.9 Å². The van der Waals surface area contributed by atoms with E-state index < -0.39 is 0 Å². The minimum atomic E-state index is -0.107. The first-order chi connectivity index (χ1) is 10.6. The highest BCUT2D eigenvalue weighted by atomic mass is 32.1. The van der Waals surface area contributed by atoms with Crippen LogP contribution in [0.4, 0.5) is 0 Å². The lowest BCUT2D eigenvalue weighted by Crippen LogP contribution is -2.52. The Morgan fingerprint density at radius 3 is 2.59 bits per heavy atom. The minimum absolute atomic E-state index is 0.103. The van der Waals surface area contributed by atoms with E-state index >= 15 is 0 Å². The van der Waals surface area contributed by atoms with Gasteiger partial charge in [-0.2, -0.15) is 0 Å². The molecule has 120 valence electrons. The molecular weight excluding hydrogens is 298 g/mol. The summed E-state index contributed by atoms with van der Waals surface area (Å²) in [6.07, 6.45) is 1.14. The fourth-order valence-electron chi connectivity index (χ4n) is 3.41. The zero-order valence-corrected chi connectivity index (χ0v) is 14.0. The van der Waals surface area contributed by atoms with Gasteiger partial charge in [0, 0.05) is 44.5 Å². The quantitative estimate of drug-likeness (QED) is 0.828. The third-order valence-electron chi connectivity index (χ3n) is 4.83. The first-order valence-electron chi connectivity index (χ1n) is 7.84. The average molecular weight is 321 g/mol. The second-order valence-electron chi connectivity index (χ2n) is 6.24. The van der Waals surface area contributed by atoms with Crippen LogP contribution in [0.25, 0.3) is 0 Å². The maximum atomic E-state index is 13.0. The number of piperidine rings is 1. The number of hydrogen-bond donors (Lipinski definition) is 0. The van der Waals surface area contributed by atoms with Gasteiger partial charge >= 0.3 is 0 Å². The number of amides is 2. The predicted molar refractivity (Wildman–Crippen MR) is 86.6 cm³/mol. The second kappa shape index (κ2) is 6.38. The molecule has 2 atom stereocenters. The average Bonchev–Trinajstić information content (AvgIpc) is 3.04. The van der Waals surface area contributed by atoms with Crippen LogP contribution in [0.2, 0.25) is 0 Å². The summed E-state index contributed by atoms with van der Waals surface area (Å²) in [5, 5.41) is 2.01. The standard InChI is InChI=1S/C16H23N3O2S/c1-17-7-9-19(10-8-17)16(21)12-5-6-14(20)18(2)15(12)13-4-3-11-22-13/h3-4,11-12,15H,5-10H2,1-2H3/t12-,15+/m0/s1. The first kappa shape index (κ1) is 15.5. The highest BCUT2D eigenvalue weighted by Gasteiger charge is 2.41. The molecule has 2 saturated heterocycles. The number of carbonyl (C=O) groups excluding carboxylic acids is 2. The molecular formula is C16H23N3O2S. The predicted octanol–water partition coefficient (Wildman–Crippen LogP) is 1.43. The lowest BCUT2D eigenvalue weighted by molar-refractivity contribution is -0.147. The second-order valence-corrected chi connectivity index (χ2v) is 7.22. The van der Waals surface area contributed by atoms with E-state index in [1.807, 2.05) is 29.5 Å². The Kier molecular flexibility index (Phi) is 4.49. The van der Waals surface area contributed by atoms with E-state index in [-0.39, 0.29) is 23.8 Å². The van der Waals surface area contributed by atoms with Crippen molar-refractivity contribution in [2.75, 3.05) is 40.3 Å². The SMILES string of the molecule is CN1CCN(C(=O)[C@H]2CCC(=O)N(C)[C@H]2c2cccs2)CC1. The molecule has 2 aliphatic rings. The van der Waals surface area contributed by atoms with Crippen LogP contribution in [0.5, 0.6) is 0 Å². The summed E-state index contributed by atoms with van der Waals surface area (Å²) in [4.78, 5) is 32.2. The number of rotatable bonds is 2. The number of likely N-dealkylation sites (N-methyl/N-ethyl adjacent to an activating group) is 1. The summed E-state index contributed by atoms with van der Waals surface area (Å²) in [7, 11) is 3.92. The summed E-state index contributed by atoms with van der Waals surface area (Å²) in [6, 6.07) is 3.92. The number of carbonyl (C=O) groups is 2.